The summed E-state index contributed by atoms with van der Waals surface area (Å²) in [6.45, 7) is 11.3. The summed E-state index contributed by atoms with van der Waals surface area (Å²) in [5.41, 5.74) is 0. The van der Waals surface area contributed by atoms with Crippen molar-refractivity contribution >= 4 is 17.7 Å². The lowest BCUT2D eigenvalue weighted by Crippen LogP contribution is -2.12. The molecule has 0 aliphatic heterocycles. The van der Waals surface area contributed by atoms with E-state index >= 15 is 0 Å². The summed E-state index contributed by atoms with van der Waals surface area (Å²) in [6.07, 6.45) is 2.25. The largest absolute Gasteiger partial charge is 0.461 e. The van der Waals surface area contributed by atoms with Crippen molar-refractivity contribution in [3.63, 3.8) is 0 Å². The maximum Gasteiger partial charge on any atom is 0.322 e. The Kier molecular flexibility index (Phi) is 7.65. The number of hydrogen-bond donors (Lipinski definition) is 1. The Bertz CT molecular complexity index is 401. The fourth-order valence-corrected chi connectivity index (χ4v) is 2.28. The van der Waals surface area contributed by atoms with Crippen molar-refractivity contribution in [3.8, 4) is 6.01 Å². The molecular formula is C14H26N4OS. The van der Waals surface area contributed by atoms with Gasteiger partial charge in [-0.25, -0.2) is 0 Å². The molecule has 6 heteroatoms. The van der Waals surface area contributed by atoms with Crippen molar-refractivity contribution in [2.45, 2.75) is 58.7 Å². The molecule has 1 aromatic rings. The molecule has 5 nitrogen and oxygen atoms in total. The first-order chi connectivity index (χ1) is 9.55. The molecule has 0 radical (unpaired) electrons. The van der Waals surface area contributed by atoms with Gasteiger partial charge in [0.2, 0.25) is 5.95 Å². The van der Waals surface area contributed by atoms with Crippen LogP contribution in [0.25, 0.3) is 0 Å². The molecule has 0 saturated carbocycles. The van der Waals surface area contributed by atoms with Crippen molar-refractivity contribution in [1.29, 1.82) is 0 Å². The van der Waals surface area contributed by atoms with Crippen molar-refractivity contribution < 1.29 is 4.74 Å². The molecule has 0 aliphatic rings. The van der Waals surface area contributed by atoms with Gasteiger partial charge >= 0.3 is 6.01 Å². The van der Waals surface area contributed by atoms with Crippen LogP contribution < -0.4 is 10.1 Å². The van der Waals surface area contributed by atoms with Crippen LogP contribution in [-0.2, 0) is 0 Å². The summed E-state index contributed by atoms with van der Waals surface area (Å²) in [6, 6.07) is 0.403. The predicted octanol–water partition coefficient (Wildman–Crippen LogP) is 3.62. The molecule has 114 valence electrons. The predicted molar refractivity (Wildman–Crippen MR) is 84.6 cm³/mol. The normalized spacial score (nSPS) is 12.5. The van der Waals surface area contributed by atoms with E-state index in [-0.39, 0.29) is 6.10 Å². The van der Waals surface area contributed by atoms with Crippen LogP contribution in [0.5, 0.6) is 6.01 Å². The average molecular weight is 298 g/mol. The lowest BCUT2D eigenvalue weighted by atomic mass is 10.2. The maximum atomic E-state index is 5.59. The maximum absolute atomic E-state index is 5.59. The highest BCUT2D eigenvalue weighted by Gasteiger charge is 2.10. The van der Waals surface area contributed by atoms with Gasteiger partial charge in [0.15, 0.2) is 5.16 Å². The molecule has 1 unspecified atom stereocenters. The van der Waals surface area contributed by atoms with Gasteiger partial charge in [-0.2, -0.15) is 15.0 Å². The molecule has 1 heterocycles. The van der Waals surface area contributed by atoms with Crippen molar-refractivity contribution in [3.05, 3.63) is 0 Å². The lowest BCUT2D eigenvalue weighted by Gasteiger charge is -2.12. The topological polar surface area (TPSA) is 59.9 Å². The van der Waals surface area contributed by atoms with E-state index in [0.29, 0.717) is 17.9 Å². The van der Waals surface area contributed by atoms with Gasteiger partial charge in [-0.15, -0.1) is 0 Å². The highest BCUT2D eigenvalue weighted by molar-refractivity contribution is 7.99. The third kappa shape index (κ3) is 6.41. The van der Waals surface area contributed by atoms with Gasteiger partial charge in [0.25, 0.3) is 0 Å². The molecular weight excluding hydrogens is 272 g/mol. The minimum Gasteiger partial charge on any atom is -0.461 e. The molecule has 0 spiro atoms. The lowest BCUT2D eigenvalue weighted by molar-refractivity contribution is 0.219. The third-order valence-electron chi connectivity index (χ3n) is 2.66. The van der Waals surface area contributed by atoms with Crippen LogP contribution in [0.3, 0.4) is 0 Å². The highest BCUT2D eigenvalue weighted by Crippen LogP contribution is 2.21. The molecule has 0 aliphatic carbocycles. The number of nitrogens with zero attached hydrogens (tertiary/aromatic N) is 3. The van der Waals surface area contributed by atoms with Crippen molar-refractivity contribution in [2.24, 2.45) is 5.92 Å². The quantitative estimate of drug-likeness (QED) is 0.703. The number of ether oxygens (including phenoxy) is 1. The van der Waals surface area contributed by atoms with Crippen LogP contribution in [0, 0.1) is 5.92 Å². The molecule has 1 atom stereocenters. The van der Waals surface area contributed by atoms with Gasteiger partial charge in [0.1, 0.15) is 0 Å². The summed E-state index contributed by atoms with van der Waals surface area (Å²) in [7, 11) is 0. The summed E-state index contributed by atoms with van der Waals surface area (Å²) < 4.78 is 5.59. The first-order valence-electron chi connectivity index (χ1n) is 7.34. The van der Waals surface area contributed by atoms with E-state index in [1.54, 1.807) is 11.8 Å². The number of anilines is 1. The number of aromatic nitrogens is 3. The molecule has 1 N–H and O–H groups in total. The van der Waals surface area contributed by atoms with E-state index in [2.05, 4.69) is 41.0 Å². The van der Waals surface area contributed by atoms with Crippen LogP contribution in [0.2, 0.25) is 0 Å². The Balaban J connectivity index is 2.79. The summed E-state index contributed by atoms with van der Waals surface area (Å²) in [4.78, 5) is 13.1. The summed E-state index contributed by atoms with van der Waals surface area (Å²) in [5.74, 6) is 2.26. The second-order valence-corrected chi connectivity index (χ2v) is 6.13. The zero-order valence-corrected chi connectivity index (χ0v) is 14.0. The number of hydrogen-bond acceptors (Lipinski definition) is 6. The van der Waals surface area contributed by atoms with E-state index < -0.39 is 0 Å². The Morgan fingerprint density at radius 1 is 1.15 bits per heavy atom. The zero-order chi connectivity index (χ0) is 15.0. The first kappa shape index (κ1) is 17.0. The molecule has 0 bridgehead atoms. The fraction of sp³-hybridized carbons (Fsp3) is 0.786. The van der Waals surface area contributed by atoms with Crippen LogP contribution in [0.4, 0.5) is 5.95 Å². The second-order valence-electron chi connectivity index (χ2n) is 5.14. The SMILES string of the molecule is CCCNc1nc(OC(C)C)nc(SCC(C)CC)n1. The van der Waals surface area contributed by atoms with Gasteiger partial charge in [0, 0.05) is 12.3 Å². The van der Waals surface area contributed by atoms with Crippen molar-refractivity contribution in [1.82, 2.24) is 15.0 Å². The van der Waals surface area contributed by atoms with Crippen LogP contribution in [0.15, 0.2) is 5.16 Å². The van der Waals surface area contributed by atoms with Crippen LogP contribution in [-0.4, -0.2) is 33.4 Å². The summed E-state index contributed by atoms with van der Waals surface area (Å²) in [5, 5.41) is 3.93. The Hall–Kier alpha value is -1.04. The molecule has 1 aromatic heterocycles. The van der Waals surface area contributed by atoms with E-state index in [0.717, 1.165) is 30.3 Å². The Labute approximate surface area is 126 Å². The number of thioether (sulfide) groups is 1. The average Bonchev–Trinajstić information content (AvgIpc) is 2.41. The van der Waals surface area contributed by atoms with Gasteiger partial charge < -0.3 is 10.1 Å². The summed E-state index contributed by atoms with van der Waals surface area (Å²) >= 11 is 1.66. The molecule has 0 amide bonds. The molecule has 0 aromatic carbocycles. The molecule has 0 fully saturated rings. The monoisotopic (exact) mass is 298 g/mol. The fourth-order valence-electron chi connectivity index (χ4n) is 1.32. The minimum atomic E-state index is 0.0591. The molecule has 1 rings (SSSR count). The van der Waals surface area contributed by atoms with Gasteiger partial charge in [-0.1, -0.05) is 39.0 Å². The minimum absolute atomic E-state index is 0.0591. The second kappa shape index (κ2) is 9.00. The highest BCUT2D eigenvalue weighted by atomic mass is 32.2. The van der Waals surface area contributed by atoms with E-state index in [1.165, 1.54) is 0 Å². The number of rotatable bonds is 9. The first-order valence-corrected chi connectivity index (χ1v) is 8.33. The Morgan fingerprint density at radius 2 is 1.90 bits per heavy atom. The third-order valence-corrected chi connectivity index (χ3v) is 3.84. The van der Waals surface area contributed by atoms with Gasteiger partial charge in [-0.05, 0) is 26.2 Å². The Morgan fingerprint density at radius 3 is 2.50 bits per heavy atom. The van der Waals surface area contributed by atoms with E-state index in [4.69, 9.17) is 4.74 Å². The van der Waals surface area contributed by atoms with Crippen molar-refractivity contribution in [2.75, 3.05) is 17.6 Å². The van der Waals surface area contributed by atoms with E-state index in [9.17, 15) is 0 Å². The smallest absolute Gasteiger partial charge is 0.322 e. The van der Waals surface area contributed by atoms with Gasteiger partial charge in [0.05, 0.1) is 6.10 Å². The number of nitrogens with one attached hydrogen (secondary N) is 1. The van der Waals surface area contributed by atoms with Crippen LogP contribution in [0.1, 0.15) is 47.5 Å². The standard InChI is InChI=1S/C14H26N4OS/c1-6-8-15-12-16-13(19-10(3)4)18-14(17-12)20-9-11(5)7-2/h10-11H,6-9H2,1-5H3,(H,15,16,17,18). The van der Waals surface area contributed by atoms with Crippen LogP contribution >= 0.6 is 11.8 Å². The molecule has 0 saturated heterocycles. The van der Waals surface area contributed by atoms with E-state index in [1.807, 2.05) is 13.8 Å². The zero-order valence-electron chi connectivity index (χ0n) is 13.1. The molecule has 20 heavy (non-hydrogen) atoms. The van der Waals surface area contributed by atoms with Gasteiger partial charge in [-0.3, -0.25) is 0 Å².